The van der Waals surface area contributed by atoms with Crippen molar-refractivity contribution >= 4 is 34.1 Å². The number of rotatable bonds is 5. The fourth-order valence-electron chi connectivity index (χ4n) is 2.60. The van der Waals surface area contributed by atoms with Crippen LogP contribution < -0.4 is 5.32 Å². The third-order valence-electron chi connectivity index (χ3n) is 3.84. The summed E-state index contributed by atoms with van der Waals surface area (Å²) in [4.78, 5) is 12.2. The molecule has 0 saturated carbocycles. The van der Waals surface area contributed by atoms with Gasteiger partial charge in [-0.05, 0) is 41.1 Å². The maximum Gasteiger partial charge on any atom is 0.277 e. The minimum Gasteiger partial charge on any atom is -0.411 e. The number of fused-ring (bicyclic) bond motifs is 1. The second-order valence-electron chi connectivity index (χ2n) is 5.78. The average molecular weight is 379 g/mol. The van der Waals surface area contributed by atoms with Gasteiger partial charge >= 0.3 is 0 Å². The van der Waals surface area contributed by atoms with Gasteiger partial charge in [0, 0.05) is 11.3 Å². The van der Waals surface area contributed by atoms with Crippen LogP contribution in [0.3, 0.4) is 0 Å². The van der Waals surface area contributed by atoms with Crippen LogP contribution >= 0.6 is 11.8 Å². The van der Waals surface area contributed by atoms with E-state index in [2.05, 4.69) is 15.5 Å². The Labute approximate surface area is 158 Å². The van der Waals surface area contributed by atoms with Crippen molar-refractivity contribution in [3.05, 3.63) is 72.5 Å². The lowest BCUT2D eigenvalue weighted by Crippen LogP contribution is -2.13. The van der Waals surface area contributed by atoms with E-state index in [1.807, 2.05) is 42.5 Å². The molecule has 0 spiro atoms. The minimum absolute atomic E-state index is 0.123. The lowest BCUT2D eigenvalue weighted by Gasteiger charge is -2.05. The van der Waals surface area contributed by atoms with Gasteiger partial charge in [-0.2, -0.15) is 0 Å². The monoisotopic (exact) mass is 379 g/mol. The van der Waals surface area contributed by atoms with Crippen LogP contribution in [0.1, 0.15) is 0 Å². The van der Waals surface area contributed by atoms with Crippen LogP contribution in [0.15, 0.2) is 76.4 Å². The Kier molecular flexibility index (Phi) is 4.84. The van der Waals surface area contributed by atoms with Gasteiger partial charge in [0.05, 0.1) is 5.75 Å². The number of hydrogen-bond acceptors (Lipinski definition) is 5. The minimum atomic E-state index is -0.380. The first-order valence-corrected chi connectivity index (χ1v) is 9.17. The highest BCUT2D eigenvalue weighted by Gasteiger charge is 2.12. The van der Waals surface area contributed by atoms with Crippen molar-refractivity contribution in [2.75, 3.05) is 11.1 Å². The van der Waals surface area contributed by atoms with E-state index in [4.69, 9.17) is 4.42 Å². The normalized spacial score (nSPS) is 10.9. The Hall–Kier alpha value is -3.19. The van der Waals surface area contributed by atoms with E-state index in [-0.39, 0.29) is 28.6 Å². The maximum atomic E-state index is 13.3. The molecule has 0 bridgehead atoms. The molecular weight excluding hydrogens is 365 g/mol. The smallest absolute Gasteiger partial charge is 0.277 e. The van der Waals surface area contributed by atoms with Gasteiger partial charge in [0.2, 0.25) is 11.8 Å². The number of amides is 1. The lowest BCUT2D eigenvalue weighted by atomic mass is 10.1. The fourth-order valence-corrected chi connectivity index (χ4v) is 3.16. The third-order valence-corrected chi connectivity index (χ3v) is 4.66. The molecule has 0 aliphatic carbocycles. The largest absolute Gasteiger partial charge is 0.411 e. The zero-order chi connectivity index (χ0) is 18.6. The van der Waals surface area contributed by atoms with Crippen LogP contribution in [0.5, 0.6) is 0 Å². The van der Waals surface area contributed by atoms with E-state index in [1.165, 1.54) is 12.1 Å². The standard InChI is InChI=1S/C20H14FN3O2S/c21-16-7-3-6-15(10-16)19-23-24-20(26-19)27-12-18(25)22-17-9-8-13-4-1-2-5-14(13)11-17/h1-11H,12H2,(H,22,25). The lowest BCUT2D eigenvalue weighted by molar-refractivity contribution is -0.113. The van der Waals surface area contributed by atoms with Crippen molar-refractivity contribution in [2.24, 2.45) is 0 Å². The topological polar surface area (TPSA) is 68.0 Å². The molecule has 134 valence electrons. The molecule has 1 amide bonds. The number of nitrogens with zero attached hydrogens (tertiary/aromatic N) is 2. The third kappa shape index (κ3) is 4.15. The number of carbonyl (C=O) groups excluding carboxylic acids is 1. The summed E-state index contributed by atoms with van der Waals surface area (Å²) < 4.78 is 18.7. The summed E-state index contributed by atoms with van der Waals surface area (Å²) in [7, 11) is 0. The second-order valence-corrected chi connectivity index (χ2v) is 6.71. The fraction of sp³-hybridized carbons (Fsp3) is 0.0500. The van der Waals surface area contributed by atoms with Crippen LogP contribution in [0.2, 0.25) is 0 Å². The molecule has 4 rings (SSSR count). The maximum absolute atomic E-state index is 13.3. The molecule has 0 radical (unpaired) electrons. The summed E-state index contributed by atoms with van der Waals surface area (Å²) >= 11 is 1.13. The summed E-state index contributed by atoms with van der Waals surface area (Å²) in [5, 5.41) is 13.0. The number of halogens is 1. The predicted octanol–water partition coefficient (Wildman–Crippen LogP) is 4.76. The van der Waals surface area contributed by atoms with Gasteiger partial charge in [-0.3, -0.25) is 4.79 Å². The predicted molar refractivity (Wildman–Crippen MR) is 103 cm³/mol. The molecule has 1 aromatic heterocycles. The summed E-state index contributed by atoms with van der Waals surface area (Å²) in [6.07, 6.45) is 0. The molecule has 0 aliphatic rings. The van der Waals surface area contributed by atoms with E-state index in [9.17, 15) is 9.18 Å². The van der Waals surface area contributed by atoms with Crippen LogP contribution in [0.4, 0.5) is 10.1 Å². The quantitative estimate of drug-likeness (QED) is 0.506. The number of thioether (sulfide) groups is 1. The number of hydrogen-bond donors (Lipinski definition) is 1. The van der Waals surface area contributed by atoms with Crippen molar-refractivity contribution in [3.63, 3.8) is 0 Å². The second kappa shape index (κ2) is 7.59. The van der Waals surface area contributed by atoms with Crippen LogP contribution in [-0.4, -0.2) is 21.9 Å². The van der Waals surface area contributed by atoms with Crippen molar-refractivity contribution in [1.82, 2.24) is 10.2 Å². The van der Waals surface area contributed by atoms with Crippen LogP contribution in [0.25, 0.3) is 22.2 Å². The molecule has 0 aliphatic heterocycles. The highest BCUT2D eigenvalue weighted by Crippen LogP contribution is 2.24. The zero-order valence-corrected chi connectivity index (χ0v) is 14.9. The van der Waals surface area contributed by atoms with Gasteiger partial charge in [-0.15, -0.1) is 10.2 Å². The highest BCUT2D eigenvalue weighted by molar-refractivity contribution is 7.99. The van der Waals surface area contributed by atoms with Gasteiger partial charge in [0.25, 0.3) is 5.22 Å². The average Bonchev–Trinajstić information content (AvgIpc) is 3.15. The van der Waals surface area contributed by atoms with Crippen molar-refractivity contribution in [3.8, 4) is 11.5 Å². The van der Waals surface area contributed by atoms with Crippen LogP contribution in [0, 0.1) is 5.82 Å². The molecule has 0 atom stereocenters. The summed E-state index contributed by atoms with van der Waals surface area (Å²) in [6.45, 7) is 0. The number of nitrogens with one attached hydrogen (secondary N) is 1. The first kappa shape index (κ1) is 17.2. The molecule has 1 heterocycles. The molecule has 5 nitrogen and oxygen atoms in total. The van der Waals surface area contributed by atoms with Crippen LogP contribution in [-0.2, 0) is 4.79 Å². The molecule has 0 fully saturated rings. The molecule has 4 aromatic rings. The van der Waals surface area contributed by atoms with E-state index >= 15 is 0 Å². The van der Waals surface area contributed by atoms with Gasteiger partial charge in [-0.1, -0.05) is 48.2 Å². The molecule has 3 aromatic carbocycles. The van der Waals surface area contributed by atoms with Gasteiger partial charge in [0.15, 0.2) is 0 Å². The Bertz CT molecular complexity index is 1110. The first-order chi connectivity index (χ1) is 13.2. The van der Waals surface area contributed by atoms with E-state index in [0.29, 0.717) is 5.56 Å². The van der Waals surface area contributed by atoms with E-state index < -0.39 is 0 Å². The number of benzene rings is 3. The SMILES string of the molecule is O=C(CSc1nnc(-c2cccc(F)c2)o1)Nc1ccc2ccccc2c1. The Morgan fingerprint density at radius 3 is 2.70 bits per heavy atom. The number of aromatic nitrogens is 2. The Balaban J connectivity index is 1.37. The van der Waals surface area contributed by atoms with Crippen molar-refractivity contribution < 1.29 is 13.6 Å². The Morgan fingerprint density at radius 2 is 1.85 bits per heavy atom. The number of carbonyl (C=O) groups is 1. The van der Waals surface area contributed by atoms with Crippen molar-refractivity contribution in [1.29, 1.82) is 0 Å². The molecule has 0 saturated heterocycles. The van der Waals surface area contributed by atoms with Crippen molar-refractivity contribution in [2.45, 2.75) is 5.22 Å². The molecule has 7 heteroatoms. The van der Waals surface area contributed by atoms with Gasteiger partial charge in [-0.25, -0.2) is 4.39 Å². The molecule has 1 N–H and O–H groups in total. The summed E-state index contributed by atoms with van der Waals surface area (Å²) in [5.74, 6) is -0.222. The zero-order valence-electron chi connectivity index (χ0n) is 14.1. The van der Waals surface area contributed by atoms with E-state index in [0.717, 1.165) is 28.2 Å². The van der Waals surface area contributed by atoms with Gasteiger partial charge in [0.1, 0.15) is 5.82 Å². The molecule has 27 heavy (non-hydrogen) atoms. The number of anilines is 1. The molecular formula is C20H14FN3O2S. The molecule has 0 unspecified atom stereocenters. The highest BCUT2D eigenvalue weighted by atomic mass is 32.2. The Morgan fingerprint density at radius 1 is 1.00 bits per heavy atom. The summed E-state index contributed by atoms with van der Waals surface area (Å²) in [6, 6.07) is 19.6. The summed E-state index contributed by atoms with van der Waals surface area (Å²) in [5.41, 5.74) is 1.22. The van der Waals surface area contributed by atoms with Gasteiger partial charge < -0.3 is 9.73 Å². The van der Waals surface area contributed by atoms with E-state index in [1.54, 1.807) is 12.1 Å². The first-order valence-electron chi connectivity index (χ1n) is 8.18.